The van der Waals surface area contributed by atoms with Gasteiger partial charge in [0, 0.05) is 24.3 Å². The van der Waals surface area contributed by atoms with Crippen LogP contribution in [0.15, 0.2) is 53.4 Å². The molecule has 26 heavy (non-hydrogen) atoms. The zero-order valence-corrected chi connectivity index (χ0v) is 15.5. The van der Waals surface area contributed by atoms with Crippen molar-refractivity contribution < 1.29 is 17.9 Å². The first-order valence-corrected chi connectivity index (χ1v) is 9.92. The molecular weight excluding hydrogens is 352 g/mol. The molecule has 0 radical (unpaired) electrons. The van der Waals surface area contributed by atoms with Crippen LogP contribution in [-0.2, 0) is 14.8 Å². The zero-order chi connectivity index (χ0) is 18.6. The summed E-state index contributed by atoms with van der Waals surface area (Å²) in [6.07, 6.45) is 0. The molecule has 2 aromatic carbocycles. The number of Topliss-reactive ketones (excluding diaryl/α,β-unsaturated/α-hetero) is 1. The van der Waals surface area contributed by atoms with Gasteiger partial charge in [-0.05, 0) is 48.9 Å². The number of nitrogens with zero attached hydrogens (tertiary/aromatic N) is 1. The minimum absolute atomic E-state index is 0.0955. The van der Waals surface area contributed by atoms with E-state index in [2.05, 4.69) is 5.32 Å². The van der Waals surface area contributed by atoms with Crippen LogP contribution in [0, 0.1) is 6.92 Å². The normalized spacial score (nSPS) is 15.6. The molecule has 7 heteroatoms. The smallest absolute Gasteiger partial charge is 0.243 e. The molecule has 0 aromatic heterocycles. The number of morpholine rings is 1. The van der Waals surface area contributed by atoms with E-state index >= 15 is 0 Å². The molecule has 0 amide bonds. The van der Waals surface area contributed by atoms with Gasteiger partial charge in [0.2, 0.25) is 10.0 Å². The van der Waals surface area contributed by atoms with Crippen LogP contribution >= 0.6 is 0 Å². The lowest BCUT2D eigenvalue weighted by atomic mass is 10.1. The van der Waals surface area contributed by atoms with Crippen molar-refractivity contribution in [1.82, 2.24) is 4.31 Å². The van der Waals surface area contributed by atoms with E-state index in [1.807, 2.05) is 31.2 Å². The van der Waals surface area contributed by atoms with Crippen molar-refractivity contribution in [3.05, 3.63) is 59.7 Å². The van der Waals surface area contributed by atoms with Gasteiger partial charge in [-0.15, -0.1) is 0 Å². The van der Waals surface area contributed by atoms with Gasteiger partial charge in [-0.2, -0.15) is 4.31 Å². The van der Waals surface area contributed by atoms with Gasteiger partial charge in [0.15, 0.2) is 5.78 Å². The minimum atomic E-state index is -3.54. The van der Waals surface area contributed by atoms with Crippen LogP contribution in [0.5, 0.6) is 0 Å². The van der Waals surface area contributed by atoms with Gasteiger partial charge in [0.1, 0.15) is 0 Å². The monoisotopic (exact) mass is 374 g/mol. The number of anilines is 1. The van der Waals surface area contributed by atoms with Crippen LogP contribution < -0.4 is 5.32 Å². The molecular formula is C19H22N2O4S. The van der Waals surface area contributed by atoms with Gasteiger partial charge < -0.3 is 10.1 Å². The Kier molecular flexibility index (Phi) is 5.70. The fourth-order valence-electron chi connectivity index (χ4n) is 2.79. The van der Waals surface area contributed by atoms with Crippen LogP contribution in [0.2, 0.25) is 0 Å². The highest BCUT2D eigenvalue weighted by molar-refractivity contribution is 7.89. The molecule has 1 aliphatic rings. The Labute approximate surface area is 153 Å². The van der Waals surface area contributed by atoms with Gasteiger partial charge in [0.25, 0.3) is 0 Å². The molecule has 3 rings (SSSR count). The number of rotatable bonds is 6. The number of benzene rings is 2. The number of aryl methyl sites for hydroxylation is 1. The van der Waals surface area contributed by atoms with E-state index in [0.29, 0.717) is 31.9 Å². The number of carbonyl (C=O) groups is 1. The Balaban J connectivity index is 1.65. The maximum atomic E-state index is 12.6. The number of hydrogen-bond acceptors (Lipinski definition) is 5. The Bertz CT molecular complexity index is 873. The van der Waals surface area contributed by atoms with Gasteiger partial charge in [-0.3, -0.25) is 4.79 Å². The second kappa shape index (κ2) is 7.99. The Hall–Kier alpha value is -2.22. The molecule has 1 heterocycles. The van der Waals surface area contributed by atoms with E-state index in [1.54, 1.807) is 12.1 Å². The van der Waals surface area contributed by atoms with Gasteiger partial charge >= 0.3 is 0 Å². The van der Waals surface area contributed by atoms with E-state index in [1.165, 1.54) is 16.4 Å². The topological polar surface area (TPSA) is 75.7 Å². The number of carbonyl (C=O) groups excluding carboxylic acids is 1. The Morgan fingerprint density at radius 2 is 1.81 bits per heavy atom. The van der Waals surface area contributed by atoms with Crippen LogP contribution in [-0.4, -0.2) is 51.4 Å². The molecule has 1 saturated heterocycles. The largest absolute Gasteiger partial charge is 0.379 e. The average molecular weight is 374 g/mol. The summed E-state index contributed by atoms with van der Waals surface area (Å²) in [6.45, 7) is 3.65. The summed E-state index contributed by atoms with van der Waals surface area (Å²) in [5, 5.41) is 3.09. The lowest BCUT2D eigenvalue weighted by molar-refractivity contribution is 0.0730. The number of hydrogen-bond donors (Lipinski definition) is 1. The summed E-state index contributed by atoms with van der Waals surface area (Å²) in [7, 11) is -3.54. The van der Waals surface area contributed by atoms with Crippen molar-refractivity contribution in [3.63, 3.8) is 0 Å². The molecule has 0 atom stereocenters. The predicted molar refractivity (Wildman–Crippen MR) is 100 cm³/mol. The van der Waals surface area contributed by atoms with Crippen LogP contribution in [0.4, 0.5) is 5.69 Å². The third-order valence-corrected chi connectivity index (χ3v) is 6.17. The summed E-state index contributed by atoms with van der Waals surface area (Å²) in [5.74, 6) is -0.0955. The molecule has 1 aliphatic heterocycles. The van der Waals surface area contributed by atoms with E-state index in [-0.39, 0.29) is 17.2 Å². The number of sulfonamides is 1. The second-order valence-electron chi connectivity index (χ2n) is 6.19. The Morgan fingerprint density at radius 3 is 2.46 bits per heavy atom. The summed E-state index contributed by atoms with van der Waals surface area (Å²) in [5.41, 5.74) is 2.47. The molecule has 0 aliphatic carbocycles. The highest BCUT2D eigenvalue weighted by Gasteiger charge is 2.26. The highest BCUT2D eigenvalue weighted by Crippen LogP contribution is 2.18. The van der Waals surface area contributed by atoms with Crippen molar-refractivity contribution in [2.75, 3.05) is 38.2 Å². The maximum absolute atomic E-state index is 12.6. The van der Waals surface area contributed by atoms with Gasteiger partial charge in [-0.25, -0.2) is 8.42 Å². The molecule has 1 N–H and O–H groups in total. The molecule has 6 nitrogen and oxygen atoms in total. The maximum Gasteiger partial charge on any atom is 0.243 e. The first-order valence-electron chi connectivity index (χ1n) is 8.48. The highest BCUT2D eigenvalue weighted by atomic mass is 32.2. The lowest BCUT2D eigenvalue weighted by Crippen LogP contribution is -2.40. The van der Waals surface area contributed by atoms with E-state index in [0.717, 1.165) is 11.3 Å². The summed E-state index contributed by atoms with van der Waals surface area (Å²) in [6, 6.07) is 13.9. The number of ketones is 1. The fourth-order valence-corrected chi connectivity index (χ4v) is 4.20. The predicted octanol–water partition coefficient (Wildman–Crippen LogP) is 2.31. The molecule has 2 aromatic rings. The SMILES string of the molecule is Cc1cccc(NCC(=O)c2ccc(S(=O)(=O)N3CCOCC3)cc2)c1. The molecule has 1 fully saturated rings. The summed E-state index contributed by atoms with van der Waals surface area (Å²) in [4.78, 5) is 12.5. The average Bonchev–Trinajstić information content (AvgIpc) is 2.67. The third-order valence-electron chi connectivity index (χ3n) is 4.26. The molecule has 0 bridgehead atoms. The first-order chi connectivity index (χ1) is 12.5. The summed E-state index contributed by atoms with van der Waals surface area (Å²) >= 11 is 0. The second-order valence-corrected chi connectivity index (χ2v) is 8.12. The standard InChI is InChI=1S/C19H22N2O4S/c1-15-3-2-4-17(13-15)20-14-19(22)16-5-7-18(8-6-16)26(23,24)21-9-11-25-12-10-21/h2-8,13,20H,9-12,14H2,1H3. The van der Waals surface area contributed by atoms with Crippen molar-refractivity contribution in [2.45, 2.75) is 11.8 Å². The lowest BCUT2D eigenvalue weighted by Gasteiger charge is -2.26. The zero-order valence-electron chi connectivity index (χ0n) is 14.6. The van der Waals surface area contributed by atoms with Crippen LogP contribution in [0.1, 0.15) is 15.9 Å². The van der Waals surface area contributed by atoms with Crippen LogP contribution in [0.25, 0.3) is 0 Å². The van der Waals surface area contributed by atoms with Crippen molar-refractivity contribution in [1.29, 1.82) is 0 Å². The minimum Gasteiger partial charge on any atom is -0.379 e. The van der Waals surface area contributed by atoms with Crippen molar-refractivity contribution in [2.24, 2.45) is 0 Å². The first kappa shape index (κ1) is 18.6. The van der Waals surface area contributed by atoms with E-state index in [4.69, 9.17) is 4.74 Å². The molecule has 138 valence electrons. The summed E-state index contributed by atoms with van der Waals surface area (Å²) < 4.78 is 31.8. The molecule has 0 saturated carbocycles. The van der Waals surface area contributed by atoms with Gasteiger partial charge in [-0.1, -0.05) is 12.1 Å². The quantitative estimate of drug-likeness (QED) is 0.786. The number of ether oxygens (including phenoxy) is 1. The van der Waals surface area contributed by atoms with Crippen LogP contribution in [0.3, 0.4) is 0 Å². The molecule has 0 spiro atoms. The third kappa shape index (κ3) is 4.30. The van der Waals surface area contributed by atoms with Crippen molar-refractivity contribution in [3.8, 4) is 0 Å². The van der Waals surface area contributed by atoms with E-state index in [9.17, 15) is 13.2 Å². The molecule has 0 unspecified atom stereocenters. The number of nitrogens with one attached hydrogen (secondary N) is 1. The van der Waals surface area contributed by atoms with Crippen molar-refractivity contribution >= 4 is 21.5 Å². The Morgan fingerprint density at radius 1 is 1.12 bits per heavy atom. The van der Waals surface area contributed by atoms with E-state index < -0.39 is 10.0 Å². The van der Waals surface area contributed by atoms with Gasteiger partial charge in [0.05, 0.1) is 24.7 Å². The fraction of sp³-hybridized carbons (Fsp3) is 0.316.